The van der Waals surface area contributed by atoms with Gasteiger partial charge in [0.25, 0.3) is 5.69 Å². The maximum Gasteiger partial charge on any atom is 0.338 e. The number of carbonyl (C=O) groups excluding carboxylic acids is 2. The molecule has 1 aromatic heterocycles. The number of nitrogens with one attached hydrogen (secondary N) is 1. The van der Waals surface area contributed by atoms with Crippen LogP contribution in [0.5, 0.6) is 0 Å². The summed E-state index contributed by atoms with van der Waals surface area (Å²) in [5, 5.41) is 10.8. The number of hydrogen-bond donors (Lipinski definition) is 1. The molecule has 0 amide bonds. The van der Waals surface area contributed by atoms with Crippen molar-refractivity contribution in [3.8, 4) is 0 Å². The van der Waals surface area contributed by atoms with E-state index in [1.165, 1.54) is 49.6 Å². The minimum absolute atomic E-state index is 0.0620. The fourth-order valence-corrected chi connectivity index (χ4v) is 2.47. The first-order valence-electron chi connectivity index (χ1n) is 7.92. The molecule has 1 atom stereocenters. The average molecular weight is 369 g/mol. The Balaban J connectivity index is 1.75. The lowest BCUT2D eigenvalue weighted by molar-refractivity contribution is -0.384. The lowest BCUT2D eigenvalue weighted by Crippen LogP contribution is -2.11. The lowest BCUT2D eigenvalue weighted by atomic mass is 10.1. The van der Waals surface area contributed by atoms with Gasteiger partial charge in [-0.15, -0.1) is 0 Å². The van der Waals surface area contributed by atoms with E-state index >= 15 is 0 Å². The summed E-state index contributed by atoms with van der Waals surface area (Å²) in [6, 6.07) is 10.1. The molecule has 1 N–H and O–H groups in total. The highest BCUT2D eigenvalue weighted by Gasteiger charge is 2.18. The Labute approximate surface area is 153 Å². The van der Waals surface area contributed by atoms with Crippen LogP contribution in [0.15, 0.2) is 42.5 Å². The Kier molecular flexibility index (Phi) is 4.84. The van der Waals surface area contributed by atoms with Crippen LogP contribution in [0.25, 0.3) is 11.0 Å². The van der Waals surface area contributed by atoms with Crippen LogP contribution in [0, 0.1) is 10.1 Å². The van der Waals surface area contributed by atoms with E-state index in [9.17, 15) is 19.7 Å². The molecular formula is C18H15N3O6. The molecule has 0 aliphatic rings. The van der Waals surface area contributed by atoms with Gasteiger partial charge in [0.2, 0.25) is 0 Å². The van der Waals surface area contributed by atoms with E-state index in [0.29, 0.717) is 22.4 Å². The van der Waals surface area contributed by atoms with Gasteiger partial charge in [-0.1, -0.05) is 0 Å². The third-order valence-electron chi connectivity index (χ3n) is 3.91. The lowest BCUT2D eigenvalue weighted by Gasteiger charge is -2.11. The Hall–Kier alpha value is -3.75. The Morgan fingerprint density at radius 1 is 1.11 bits per heavy atom. The SMILES string of the molecule is COC(=O)c1ccc(C(=O)O[C@@H](C)c2nc3ccc([N+](=O)[O-])cc3[nH]2)cc1. The molecule has 9 nitrogen and oxygen atoms in total. The summed E-state index contributed by atoms with van der Waals surface area (Å²) in [6.07, 6.45) is -0.704. The number of rotatable bonds is 5. The predicted molar refractivity (Wildman–Crippen MR) is 94.4 cm³/mol. The first-order chi connectivity index (χ1) is 12.9. The molecule has 0 aliphatic carbocycles. The zero-order chi connectivity index (χ0) is 19.6. The summed E-state index contributed by atoms with van der Waals surface area (Å²) in [5.74, 6) is -0.727. The molecule has 0 spiro atoms. The number of nitro benzene ring substituents is 1. The number of H-pyrrole nitrogens is 1. The van der Waals surface area contributed by atoms with Crippen LogP contribution in [0.2, 0.25) is 0 Å². The van der Waals surface area contributed by atoms with Gasteiger partial charge in [0.15, 0.2) is 6.10 Å². The van der Waals surface area contributed by atoms with Crippen molar-refractivity contribution in [3.05, 3.63) is 69.5 Å². The molecule has 0 bridgehead atoms. The number of aromatic amines is 1. The number of nitro groups is 1. The molecular weight excluding hydrogens is 354 g/mol. The number of nitrogens with zero attached hydrogens (tertiary/aromatic N) is 2. The molecule has 0 aliphatic heterocycles. The van der Waals surface area contributed by atoms with Crippen LogP contribution in [0.1, 0.15) is 39.6 Å². The Morgan fingerprint density at radius 3 is 2.33 bits per heavy atom. The van der Waals surface area contributed by atoms with E-state index in [1.807, 2.05) is 0 Å². The third-order valence-corrected chi connectivity index (χ3v) is 3.91. The largest absolute Gasteiger partial charge is 0.465 e. The maximum atomic E-state index is 12.3. The van der Waals surface area contributed by atoms with Crippen molar-refractivity contribution in [2.45, 2.75) is 13.0 Å². The summed E-state index contributed by atoms with van der Waals surface area (Å²) in [6.45, 7) is 1.63. The van der Waals surface area contributed by atoms with Crippen LogP contribution < -0.4 is 0 Å². The number of fused-ring (bicyclic) bond motifs is 1. The van der Waals surface area contributed by atoms with Gasteiger partial charge < -0.3 is 14.5 Å². The van der Waals surface area contributed by atoms with Gasteiger partial charge in [0.05, 0.1) is 34.2 Å². The van der Waals surface area contributed by atoms with Crippen molar-refractivity contribution < 1.29 is 24.0 Å². The third kappa shape index (κ3) is 3.76. The standard InChI is InChI=1S/C18H15N3O6/c1-10(16-19-14-8-7-13(21(24)25)9-15(14)20-16)27-18(23)12-5-3-11(4-6-12)17(22)26-2/h3-10H,1-2H3,(H,19,20)/t10-/m0/s1. The number of aromatic nitrogens is 2. The van der Waals surface area contributed by atoms with Crippen LogP contribution in [-0.4, -0.2) is 33.9 Å². The number of imidazole rings is 1. The van der Waals surface area contributed by atoms with Crippen molar-refractivity contribution in [2.24, 2.45) is 0 Å². The molecule has 1 heterocycles. The summed E-state index contributed by atoms with van der Waals surface area (Å²) in [4.78, 5) is 41.2. The van der Waals surface area contributed by atoms with Crippen molar-refractivity contribution in [1.29, 1.82) is 0 Å². The molecule has 0 radical (unpaired) electrons. The second-order valence-electron chi connectivity index (χ2n) is 5.70. The highest BCUT2D eigenvalue weighted by Crippen LogP contribution is 2.23. The molecule has 27 heavy (non-hydrogen) atoms. The van der Waals surface area contributed by atoms with Gasteiger partial charge in [-0.25, -0.2) is 14.6 Å². The van der Waals surface area contributed by atoms with Gasteiger partial charge in [-0.2, -0.15) is 0 Å². The fourth-order valence-electron chi connectivity index (χ4n) is 2.47. The zero-order valence-electron chi connectivity index (χ0n) is 14.5. The molecule has 3 rings (SSSR count). The van der Waals surface area contributed by atoms with Crippen LogP contribution in [0.4, 0.5) is 5.69 Å². The average Bonchev–Trinajstić information content (AvgIpc) is 3.10. The molecule has 2 aromatic carbocycles. The molecule has 0 fully saturated rings. The number of hydrogen-bond acceptors (Lipinski definition) is 7. The fraction of sp³-hybridized carbons (Fsp3) is 0.167. The number of methoxy groups -OCH3 is 1. The maximum absolute atomic E-state index is 12.3. The first-order valence-corrected chi connectivity index (χ1v) is 7.92. The van der Waals surface area contributed by atoms with Gasteiger partial charge in [-0.05, 0) is 37.3 Å². The molecule has 9 heteroatoms. The highest BCUT2D eigenvalue weighted by atomic mass is 16.6. The van der Waals surface area contributed by atoms with Crippen molar-refractivity contribution in [1.82, 2.24) is 9.97 Å². The first kappa shape index (κ1) is 18.1. The van der Waals surface area contributed by atoms with E-state index < -0.39 is 23.0 Å². The molecule has 3 aromatic rings. The Morgan fingerprint density at radius 2 is 1.74 bits per heavy atom. The predicted octanol–water partition coefficient (Wildman–Crippen LogP) is 3.18. The second-order valence-corrected chi connectivity index (χ2v) is 5.70. The normalized spacial score (nSPS) is 11.8. The van der Waals surface area contributed by atoms with E-state index in [0.717, 1.165) is 0 Å². The van der Waals surface area contributed by atoms with Crippen molar-refractivity contribution in [3.63, 3.8) is 0 Å². The summed E-state index contributed by atoms with van der Waals surface area (Å²) < 4.78 is 9.97. The van der Waals surface area contributed by atoms with Gasteiger partial charge in [-0.3, -0.25) is 10.1 Å². The van der Waals surface area contributed by atoms with Gasteiger partial charge in [0.1, 0.15) is 5.82 Å². The van der Waals surface area contributed by atoms with Crippen molar-refractivity contribution in [2.75, 3.05) is 7.11 Å². The summed E-state index contributed by atoms with van der Waals surface area (Å²) >= 11 is 0. The number of benzene rings is 2. The minimum Gasteiger partial charge on any atom is -0.465 e. The quantitative estimate of drug-likeness (QED) is 0.416. The summed E-state index contributed by atoms with van der Waals surface area (Å²) in [7, 11) is 1.27. The van der Waals surface area contributed by atoms with E-state index in [4.69, 9.17) is 4.74 Å². The van der Waals surface area contributed by atoms with E-state index in [2.05, 4.69) is 14.7 Å². The molecule has 0 unspecified atom stereocenters. The second kappa shape index (κ2) is 7.24. The van der Waals surface area contributed by atoms with Gasteiger partial charge >= 0.3 is 11.9 Å². The van der Waals surface area contributed by atoms with E-state index in [1.54, 1.807) is 6.92 Å². The zero-order valence-corrected chi connectivity index (χ0v) is 14.5. The van der Waals surface area contributed by atoms with Gasteiger partial charge in [0, 0.05) is 12.1 Å². The number of carbonyl (C=O) groups is 2. The number of esters is 2. The summed E-state index contributed by atoms with van der Waals surface area (Å²) in [5.41, 5.74) is 1.53. The molecule has 0 saturated heterocycles. The Bertz CT molecular complexity index is 1030. The minimum atomic E-state index is -0.704. The van der Waals surface area contributed by atoms with Crippen LogP contribution in [0.3, 0.4) is 0 Å². The van der Waals surface area contributed by atoms with E-state index in [-0.39, 0.29) is 11.3 Å². The topological polar surface area (TPSA) is 124 Å². The molecule has 0 saturated carbocycles. The number of ether oxygens (including phenoxy) is 2. The highest BCUT2D eigenvalue weighted by molar-refractivity contribution is 5.93. The van der Waals surface area contributed by atoms with Crippen molar-refractivity contribution >= 4 is 28.7 Å². The number of non-ortho nitro benzene ring substituents is 1. The molecule has 138 valence electrons. The monoisotopic (exact) mass is 369 g/mol. The smallest absolute Gasteiger partial charge is 0.338 e. The van der Waals surface area contributed by atoms with Crippen LogP contribution >= 0.6 is 0 Å². The van der Waals surface area contributed by atoms with Crippen LogP contribution in [-0.2, 0) is 9.47 Å².